The molecule has 0 spiro atoms. The summed E-state index contributed by atoms with van der Waals surface area (Å²) in [6.07, 6.45) is 5.51. The smallest absolute Gasteiger partial charge is 0.178 e. The zero-order chi connectivity index (χ0) is 14.9. The average molecular weight is 306 g/mol. The van der Waals surface area contributed by atoms with Gasteiger partial charge in [0.25, 0.3) is 0 Å². The molecule has 0 aliphatic heterocycles. The molecule has 22 heavy (non-hydrogen) atoms. The number of hydrogen-bond acceptors (Lipinski definition) is 2. The Balaban J connectivity index is 1.85. The molecule has 0 amide bonds. The molecule has 4 aromatic rings. The van der Waals surface area contributed by atoms with Crippen molar-refractivity contribution in [1.29, 1.82) is 0 Å². The van der Waals surface area contributed by atoms with Crippen LogP contribution in [0.5, 0.6) is 0 Å². The van der Waals surface area contributed by atoms with Gasteiger partial charge in [-0.2, -0.15) is 0 Å². The molecule has 0 aliphatic rings. The summed E-state index contributed by atoms with van der Waals surface area (Å²) in [5.74, 6) is 0. The molecule has 0 fully saturated rings. The molecule has 2 aromatic carbocycles. The SMILES string of the molecule is S=c1[nH]c2ccc(-n3ccnc3)cc2n1Cc1ccccc1. The van der Waals surface area contributed by atoms with E-state index in [0.717, 1.165) is 28.0 Å². The van der Waals surface area contributed by atoms with Crippen molar-refractivity contribution in [3.63, 3.8) is 0 Å². The standard InChI is InChI=1S/C17H14N4S/c22-17-19-15-7-6-14(20-9-8-18-12-20)10-16(15)21(17)11-13-4-2-1-3-5-13/h1-10,12H,11H2,(H,19,22). The van der Waals surface area contributed by atoms with Crippen LogP contribution in [0.3, 0.4) is 0 Å². The van der Waals surface area contributed by atoms with Crippen LogP contribution in [-0.4, -0.2) is 19.1 Å². The molecule has 4 nitrogen and oxygen atoms in total. The molecule has 0 bridgehead atoms. The van der Waals surface area contributed by atoms with Crippen molar-refractivity contribution in [3.8, 4) is 5.69 Å². The first-order valence-electron chi connectivity index (χ1n) is 7.06. The number of imidazole rings is 2. The van der Waals surface area contributed by atoms with E-state index in [4.69, 9.17) is 12.2 Å². The monoisotopic (exact) mass is 306 g/mol. The lowest BCUT2D eigenvalue weighted by molar-refractivity contribution is 0.810. The average Bonchev–Trinajstić information content (AvgIpc) is 3.17. The predicted molar refractivity (Wildman–Crippen MR) is 89.8 cm³/mol. The van der Waals surface area contributed by atoms with E-state index in [9.17, 15) is 0 Å². The minimum absolute atomic E-state index is 0.738. The predicted octanol–water partition coefficient (Wildman–Crippen LogP) is 3.93. The van der Waals surface area contributed by atoms with Crippen molar-refractivity contribution in [2.45, 2.75) is 6.54 Å². The van der Waals surface area contributed by atoms with Gasteiger partial charge in [-0.25, -0.2) is 4.98 Å². The number of nitrogens with one attached hydrogen (secondary N) is 1. The molecule has 2 aromatic heterocycles. The van der Waals surface area contributed by atoms with Crippen molar-refractivity contribution >= 4 is 23.3 Å². The third-order valence-electron chi connectivity index (χ3n) is 3.74. The lowest BCUT2D eigenvalue weighted by Gasteiger charge is -2.07. The molecule has 0 saturated carbocycles. The maximum absolute atomic E-state index is 5.48. The quantitative estimate of drug-likeness (QED) is 0.582. The van der Waals surface area contributed by atoms with Gasteiger partial charge in [-0.05, 0) is 36.0 Å². The van der Waals surface area contributed by atoms with Crippen LogP contribution >= 0.6 is 12.2 Å². The van der Waals surface area contributed by atoms with Crippen LogP contribution in [-0.2, 0) is 6.54 Å². The lowest BCUT2D eigenvalue weighted by Crippen LogP contribution is -2.00. The topological polar surface area (TPSA) is 38.5 Å². The van der Waals surface area contributed by atoms with Crippen LogP contribution in [0.15, 0.2) is 67.3 Å². The van der Waals surface area contributed by atoms with E-state index in [-0.39, 0.29) is 0 Å². The van der Waals surface area contributed by atoms with Crippen molar-refractivity contribution in [1.82, 2.24) is 19.1 Å². The molecule has 1 N–H and O–H groups in total. The molecule has 5 heteroatoms. The zero-order valence-electron chi connectivity index (χ0n) is 11.8. The van der Waals surface area contributed by atoms with Crippen LogP contribution in [0.25, 0.3) is 16.7 Å². The number of aromatic amines is 1. The summed E-state index contributed by atoms with van der Waals surface area (Å²) in [4.78, 5) is 7.37. The molecule has 0 atom stereocenters. The summed E-state index contributed by atoms with van der Waals surface area (Å²) in [5.41, 5.74) is 4.44. The Morgan fingerprint density at radius 1 is 1.09 bits per heavy atom. The number of hydrogen-bond donors (Lipinski definition) is 1. The van der Waals surface area contributed by atoms with Crippen molar-refractivity contribution in [2.75, 3.05) is 0 Å². The summed E-state index contributed by atoms with van der Waals surface area (Å²) in [7, 11) is 0. The first-order chi connectivity index (χ1) is 10.8. The van der Waals surface area contributed by atoms with E-state index in [1.54, 1.807) is 12.5 Å². The van der Waals surface area contributed by atoms with E-state index in [1.165, 1.54) is 5.56 Å². The number of nitrogens with zero attached hydrogens (tertiary/aromatic N) is 3. The fourth-order valence-corrected chi connectivity index (χ4v) is 2.91. The van der Waals surface area contributed by atoms with Crippen LogP contribution in [0.4, 0.5) is 0 Å². The lowest BCUT2D eigenvalue weighted by atomic mass is 10.2. The van der Waals surface area contributed by atoms with Gasteiger partial charge in [-0.15, -0.1) is 0 Å². The van der Waals surface area contributed by atoms with Gasteiger partial charge in [-0.3, -0.25) is 0 Å². The summed E-state index contributed by atoms with van der Waals surface area (Å²) < 4.78 is 4.85. The number of aromatic nitrogens is 4. The van der Waals surface area contributed by atoms with Crippen molar-refractivity contribution < 1.29 is 0 Å². The molecule has 0 saturated heterocycles. The Morgan fingerprint density at radius 2 is 1.95 bits per heavy atom. The van der Waals surface area contributed by atoms with Gasteiger partial charge >= 0.3 is 0 Å². The van der Waals surface area contributed by atoms with Crippen LogP contribution in [0.1, 0.15) is 5.56 Å². The zero-order valence-corrected chi connectivity index (χ0v) is 12.6. The van der Waals surface area contributed by atoms with Gasteiger partial charge in [-0.1, -0.05) is 30.3 Å². The summed E-state index contributed by atoms with van der Waals surface area (Å²) in [6, 6.07) is 16.6. The highest BCUT2D eigenvalue weighted by atomic mass is 32.1. The van der Waals surface area contributed by atoms with Gasteiger partial charge in [0.2, 0.25) is 0 Å². The molecule has 2 heterocycles. The molecule has 0 aliphatic carbocycles. The molecule has 4 rings (SSSR count). The summed E-state index contributed by atoms with van der Waals surface area (Å²) in [5, 5.41) is 0. The fraction of sp³-hybridized carbons (Fsp3) is 0.0588. The van der Waals surface area contributed by atoms with E-state index in [0.29, 0.717) is 0 Å². The van der Waals surface area contributed by atoms with E-state index in [1.807, 2.05) is 29.0 Å². The molecular formula is C17H14N4S. The van der Waals surface area contributed by atoms with Crippen molar-refractivity contribution in [2.24, 2.45) is 0 Å². The Labute approximate surface area is 132 Å². The largest absolute Gasteiger partial charge is 0.331 e. The third kappa shape index (κ3) is 2.25. The van der Waals surface area contributed by atoms with Gasteiger partial charge in [0, 0.05) is 18.1 Å². The first-order valence-corrected chi connectivity index (χ1v) is 7.47. The number of benzene rings is 2. The maximum Gasteiger partial charge on any atom is 0.178 e. The molecule has 0 unspecified atom stereocenters. The molecule has 0 radical (unpaired) electrons. The van der Waals surface area contributed by atoms with Crippen molar-refractivity contribution in [3.05, 3.63) is 77.6 Å². The second-order valence-corrected chi connectivity index (χ2v) is 5.56. The Kier molecular flexibility index (Phi) is 3.12. The highest BCUT2D eigenvalue weighted by Crippen LogP contribution is 2.20. The van der Waals surface area contributed by atoms with Gasteiger partial charge < -0.3 is 14.1 Å². The highest BCUT2D eigenvalue weighted by molar-refractivity contribution is 7.71. The fourth-order valence-electron chi connectivity index (χ4n) is 2.64. The second kappa shape index (κ2) is 5.27. The third-order valence-corrected chi connectivity index (χ3v) is 4.07. The van der Waals surface area contributed by atoms with E-state index >= 15 is 0 Å². The summed E-state index contributed by atoms with van der Waals surface area (Å²) >= 11 is 5.48. The minimum atomic E-state index is 0.738. The maximum atomic E-state index is 5.48. The molecule has 108 valence electrons. The Morgan fingerprint density at radius 3 is 2.73 bits per heavy atom. The normalized spacial score (nSPS) is 11.1. The van der Waals surface area contributed by atoms with E-state index < -0.39 is 0 Å². The molecular weight excluding hydrogens is 292 g/mol. The highest BCUT2D eigenvalue weighted by Gasteiger charge is 2.07. The Bertz CT molecular complexity index is 965. The number of rotatable bonds is 3. The van der Waals surface area contributed by atoms with Gasteiger partial charge in [0.1, 0.15) is 0 Å². The van der Waals surface area contributed by atoms with Crippen LogP contribution in [0, 0.1) is 4.77 Å². The number of H-pyrrole nitrogens is 1. The van der Waals surface area contributed by atoms with Gasteiger partial charge in [0.05, 0.1) is 23.9 Å². The second-order valence-electron chi connectivity index (χ2n) is 5.17. The summed E-state index contributed by atoms with van der Waals surface area (Å²) in [6.45, 7) is 0.757. The van der Waals surface area contributed by atoms with Gasteiger partial charge in [0.15, 0.2) is 4.77 Å². The number of fused-ring (bicyclic) bond motifs is 1. The minimum Gasteiger partial charge on any atom is -0.331 e. The van der Waals surface area contributed by atoms with Crippen LogP contribution in [0.2, 0.25) is 0 Å². The van der Waals surface area contributed by atoms with Crippen LogP contribution < -0.4 is 0 Å². The van der Waals surface area contributed by atoms with E-state index in [2.05, 4.69) is 44.9 Å². The Hall–Kier alpha value is -2.66. The first kappa shape index (κ1) is 13.0.